The van der Waals surface area contributed by atoms with Crippen LogP contribution in [0.1, 0.15) is 73.1 Å². The van der Waals surface area contributed by atoms with Gasteiger partial charge in [-0.05, 0) is 65.0 Å². The Hall–Kier alpha value is -4.75. The zero-order valence-electron chi connectivity index (χ0n) is 23.0. The number of ether oxygens (including phenoxy) is 3. The second kappa shape index (κ2) is 13.1. The highest BCUT2D eigenvalue weighted by Crippen LogP contribution is 2.35. The molecule has 3 N–H and O–H groups in total. The Morgan fingerprint density at radius 3 is 2.46 bits per heavy atom. The quantitative estimate of drug-likeness (QED) is 0.285. The van der Waals surface area contributed by atoms with Crippen LogP contribution in [-0.2, 0) is 11.3 Å². The SMILES string of the molecule is CCOc1cc(-c2nc(C(=O)NCc3cccc(C(=O)O)n3)c([C@H](C)NC(=O)OC(C)(C)C)o2)ccc1OC(F)F. The normalized spacial score (nSPS) is 12.0. The van der Waals surface area contributed by atoms with Gasteiger partial charge >= 0.3 is 18.7 Å². The molecule has 2 aromatic heterocycles. The van der Waals surface area contributed by atoms with Crippen LogP contribution in [0.15, 0.2) is 40.8 Å². The van der Waals surface area contributed by atoms with Crippen molar-refractivity contribution in [1.29, 1.82) is 0 Å². The van der Waals surface area contributed by atoms with Crippen LogP contribution in [0.3, 0.4) is 0 Å². The van der Waals surface area contributed by atoms with Crippen molar-refractivity contribution in [2.24, 2.45) is 0 Å². The third kappa shape index (κ3) is 8.62. The number of aromatic carboxylic acids is 1. The third-order valence-electron chi connectivity index (χ3n) is 5.16. The van der Waals surface area contributed by atoms with Gasteiger partial charge in [0, 0.05) is 5.56 Å². The van der Waals surface area contributed by atoms with Crippen molar-refractivity contribution in [3.8, 4) is 23.0 Å². The topological polar surface area (TPSA) is 162 Å². The molecule has 0 fully saturated rings. The van der Waals surface area contributed by atoms with E-state index in [9.17, 15) is 23.2 Å². The molecular weight excluding hydrogens is 546 g/mol. The van der Waals surface area contributed by atoms with E-state index in [4.69, 9.17) is 19.0 Å². The molecule has 1 aromatic carbocycles. The average Bonchev–Trinajstić information content (AvgIpc) is 3.33. The number of halogens is 2. The Bertz CT molecular complexity index is 1400. The summed E-state index contributed by atoms with van der Waals surface area (Å²) in [4.78, 5) is 45.1. The van der Waals surface area contributed by atoms with Gasteiger partial charge in [-0.15, -0.1) is 0 Å². The van der Waals surface area contributed by atoms with Gasteiger partial charge in [0.25, 0.3) is 5.91 Å². The van der Waals surface area contributed by atoms with Crippen molar-refractivity contribution in [1.82, 2.24) is 20.6 Å². The van der Waals surface area contributed by atoms with E-state index < -0.39 is 36.2 Å². The molecule has 0 saturated heterocycles. The van der Waals surface area contributed by atoms with Crippen molar-refractivity contribution in [2.75, 3.05) is 6.61 Å². The number of oxazole rings is 1. The summed E-state index contributed by atoms with van der Waals surface area (Å²) in [6.45, 7) is 5.22. The number of alkyl carbamates (subject to hydrolysis) is 1. The zero-order chi connectivity index (χ0) is 30.3. The van der Waals surface area contributed by atoms with Crippen LogP contribution >= 0.6 is 0 Å². The van der Waals surface area contributed by atoms with Crippen molar-refractivity contribution in [3.05, 3.63) is 59.2 Å². The first-order valence-corrected chi connectivity index (χ1v) is 12.5. The summed E-state index contributed by atoms with van der Waals surface area (Å²) in [5, 5.41) is 14.4. The van der Waals surface area contributed by atoms with Gasteiger partial charge in [-0.2, -0.15) is 8.78 Å². The number of carboxylic acids is 1. The maximum atomic E-state index is 13.2. The van der Waals surface area contributed by atoms with E-state index in [1.165, 1.54) is 36.4 Å². The van der Waals surface area contributed by atoms with Gasteiger partial charge in [0.15, 0.2) is 23.0 Å². The van der Waals surface area contributed by atoms with Crippen LogP contribution in [-0.4, -0.2) is 51.9 Å². The molecule has 2 heterocycles. The number of nitrogens with one attached hydrogen (secondary N) is 2. The maximum absolute atomic E-state index is 13.2. The number of aromatic nitrogens is 2. The molecule has 12 nitrogen and oxygen atoms in total. The lowest BCUT2D eigenvalue weighted by Gasteiger charge is -2.21. The molecule has 0 saturated carbocycles. The molecule has 41 heavy (non-hydrogen) atoms. The lowest BCUT2D eigenvalue weighted by Crippen LogP contribution is -2.34. The molecule has 3 aromatic rings. The maximum Gasteiger partial charge on any atom is 0.408 e. The minimum Gasteiger partial charge on any atom is -0.490 e. The predicted octanol–water partition coefficient (Wildman–Crippen LogP) is 4.95. The molecule has 0 unspecified atom stereocenters. The van der Waals surface area contributed by atoms with Crippen molar-refractivity contribution < 1.29 is 46.9 Å². The highest BCUT2D eigenvalue weighted by atomic mass is 19.3. The van der Waals surface area contributed by atoms with Gasteiger partial charge in [0.05, 0.1) is 24.9 Å². The van der Waals surface area contributed by atoms with E-state index in [-0.39, 0.29) is 58.9 Å². The van der Waals surface area contributed by atoms with Crippen LogP contribution in [0, 0.1) is 0 Å². The molecular formula is C27H30F2N4O8. The summed E-state index contributed by atoms with van der Waals surface area (Å²) in [5.74, 6) is -2.23. The molecule has 0 aliphatic heterocycles. The number of amides is 2. The molecule has 2 amide bonds. The number of alkyl halides is 2. The van der Waals surface area contributed by atoms with Gasteiger partial charge in [0.1, 0.15) is 11.3 Å². The highest BCUT2D eigenvalue weighted by molar-refractivity contribution is 5.94. The molecule has 0 bridgehead atoms. The van der Waals surface area contributed by atoms with Crippen LogP contribution in [0.4, 0.5) is 13.6 Å². The summed E-state index contributed by atoms with van der Waals surface area (Å²) >= 11 is 0. The van der Waals surface area contributed by atoms with Gasteiger partial charge < -0.3 is 34.4 Å². The third-order valence-corrected chi connectivity index (χ3v) is 5.16. The number of rotatable bonds is 11. The fourth-order valence-electron chi connectivity index (χ4n) is 3.52. The van der Waals surface area contributed by atoms with Gasteiger partial charge in [-0.3, -0.25) is 4.79 Å². The highest BCUT2D eigenvalue weighted by Gasteiger charge is 2.28. The Kier molecular flexibility index (Phi) is 9.81. The van der Waals surface area contributed by atoms with Crippen molar-refractivity contribution in [3.63, 3.8) is 0 Å². The molecule has 3 rings (SSSR count). The van der Waals surface area contributed by atoms with Crippen LogP contribution < -0.4 is 20.1 Å². The Morgan fingerprint density at radius 2 is 1.83 bits per heavy atom. The second-order valence-corrected chi connectivity index (χ2v) is 9.57. The fourth-order valence-corrected chi connectivity index (χ4v) is 3.52. The minimum absolute atomic E-state index is 0.000339. The van der Waals surface area contributed by atoms with E-state index in [1.807, 2.05) is 0 Å². The van der Waals surface area contributed by atoms with Crippen molar-refractivity contribution >= 4 is 18.0 Å². The van der Waals surface area contributed by atoms with E-state index in [1.54, 1.807) is 34.6 Å². The number of pyridine rings is 1. The van der Waals surface area contributed by atoms with E-state index in [2.05, 4.69) is 25.3 Å². The Morgan fingerprint density at radius 1 is 1.10 bits per heavy atom. The number of nitrogens with zero attached hydrogens (tertiary/aromatic N) is 2. The molecule has 0 radical (unpaired) electrons. The summed E-state index contributed by atoms with van der Waals surface area (Å²) in [6, 6.07) is 7.45. The number of hydrogen-bond acceptors (Lipinski definition) is 9. The molecule has 0 aliphatic carbocycles. The zero-order valence-corrected chi connectivity index (χ0v) is 23.0. The summed E-state index contributed by atoms with van der Waals surface area (Å²) < 4.78 is 46.8. The fraction of sp³-hybridized carbons (Fsp3) is 0.370. The summed E-state index contributed by atoms with van der Waals surface area (Å²) in [6.07, 6.45) is -0.767. The van der Waals surface area contributed by atoms with Gasteiger partial charge in [0.2, 0.25) is 5.89 Å². The smallest absolute Gasteiger partial charge is 0.408 e. The average molecular weight is 577 g/mol. The lowest BCUT2D eigenvalue weighted by atomic mass is 10.2. The van der Waals surface area contributed by atoms with Crippen LogP contribution in [0.25, 0.3) is 11.5 Å². The van der Waals surface area contributed by atoms with Crippen LogP contribution in [0.5, 0.6) is 11.5 Å². The predicted molar refractivity (Wildman–Crippen MR) is 140 cm³/mol. The van der Waals surface area contributed by atoms with Crippen molar-refractivity contribution in [2.45, 2.75) is 59.4 Å². The lowest BCUT2D eigenvalue weighted by molar-refractivity contribution is -0.0514. The number of hydrogen-bond donors (Lipinski definition) is 3. The standard InChI is InChI=1S/C27H30F2N4O8/c1-6-38-19-12-15(10-11-18(19)39-25(28)29)23-33-20(21(40-23)14(2)31-26(37)41-27(3,4)5)22(34)30-13-16-8-7-9-17(32-16)24(35)36/h7-12,14,25H,6,13H2,1-5H3,(H,30,34)(H,31,37)(H,35,36)/t14-/m0/s1. The molecule has 0 aliphatic rings. The molecule has 1 atom stereocenters. The number of carbonyl (C=O) groups excluding carboxylic acids is 2. The second-order valence-electron chi connectivity index (χ2n) is 9.57. The van der Waals surface area contributed by atoms with E-state index in [0.29, 0.717) is 0 Å². The first kappa shape index (κ1) is 30.8. The number of benzene rings is 1. The monoisotopic (exact) mass is 576 g/mol. The van der Waals surface area contributed by atoms with E-state index in [0.717, 1.165) is 0 Å². The number of carbonyl (C=O) groups is 3. The van der Waals surface area contributed by atoms with Gasteiger partial charge in [-0.1, -0.05) is 6.07 Å². The first-order valence-electron chi connectivity index (χ1n) is 12.5. The van der Waals surface area contributed by atoms with Gasteiger partial charge in [-0.25, -0.2) is 19.6 Å². The number of carboxylic acid groups (broad SMARTS) is 1. The first-order chi connectivity index (χ1) is 19.3. The Balaban J connectivity index is 1.95. The molecule has 14 heteroatoms. The Labute approximate surface area is 234 Å². The minimum atomic E-state index is -3.07. The molecule has 0 spiro atoms. The largest absolute Gasteiger partial charge is 0.490 e. The van der Waals surface area contributed by atoms with Crippen LogP contribution in [0.2, 0.25) is 0 Å². The molecule has 220 valence electrons. The van der Waals surface area contributed by atoms with E-state index >= 15 is 0 Å². The summed E-state index contributed by atoms with van der Waals surface area (Å²) in [5.41, 5.74) is -0.620. The summed E-state index contributed by atoms with van der Waals surface area (Å²) in [7, 11) is 0.